The molecule has 2 heterocycles. The first-order chi connectivity index (χ1) is 13.8. The van der Waals surface area contributed by atoms with E-state index in [1.165, 1.54) is 13.2 Å². The number of nitrogens with zero attached hydrogens (tertiary/aromatic N) is 4. The maximum Gasteiger partial charge on any atom is 0.435 e. The molecule has 1 fully saturated rings. The predicted molar refractivity (Wildman–Crippen MR) is 124 cm³/mol. The monoisotopic (exact) mass is 556 g/mol. The third-order valence-electron chi connectivity index (χ3n) is 4.63. The van der Waals surface area contributed by atoms with Gasteiger partial charge < -0.3 is 15.5 Å². The number of anilines is 1. The van der Waals surface area contributed by atoms with Gasteiger partial charge in [-0.05, 0) is 31.5 Å². The van der Waals surface area contributed by atoms with Gasteiger partial charge >= 0.3 is 6.18 Å². The molecule has 1 unspecified atom stereocenters. The van der Waals surface area contributed by atoms with E-state index < -0.39 is 11.9 Å². The largest absolute Gasteiger partial charge is 0.435 e. The first kappa shape index (κ1) is 24.6. The van der Waals surface area contributed by atoms with E-state index in [0.29, 0.717) is 17.5 Å². The van der Waals surface area contributed by atoms with Crippen LogP contribution in [0.25, 0.3) is 0 Å². The Balaban J connectivity index is 0.00000320. The van der Waals surface area contributed by atoms with E-state index in [-0.39, 0.29) is 42.1 Å². The molecule has 1 saturated heterocycles. The molecule has 30 heavy (non-hydrogen) atoms. The SMILES string of the molecule is CCNC(=NCc1cn(C)nc1C(F)(F)F)NC1CCN(c2cccc(Cl)c2)C1.I. The van der Waals surface area contributed by atoms with Crippen LogP contribution in [0.3, 0.4) is 0 Å². The summed E-state index contributed by atoms with van der Waals surface area (Å²) in [5.74, 6) is 0.488. The molecular weight excluding hydrogens is 532 g/mol. The molecule has 0 aliphatic carbocycles. The Morgan fingerprint density at radius 3 is 2.80 bits per heavy atom. The second kappa shape index (κ2) is 10.6. The van der Waals surface area contributed by atoms with E-state index in [4.69, 9.17) is 11.6 Å². The lowest BCUT2D eigenvalue weighted by atomic mass is 10.2. The number of benzene rings is 1. The average molecular weight is 557 g/mol. The number of aryl methyl sites for hydroxylation is 1. The van der Waals surface area contributed by atoms with E-state index in [9.17, 15) is 13.2 Å². The molecule has 166 valence electrons. The van der Waals surface area contributed by atoms with Crippen LogP contribution >= 0.6 is 35.6 Å². The second-order valence-electron chi connectivity index (χ2n) is 6.93. The molecule has 0 saturated carbocycles. The van der Waals surface area contributed by atoms with E-state index in [1.54, 1.807) is 0 Å². The lowest BCUT2D eigenvalue weighted by Gasteiger charge is -2.20. The van der Waals surface area contributed by atoms with Gasteiger partial charge in [0.05, 0.1) is 6.54 Å². The van der Waals surface area contributed by atoms with Crippen LogP contribution in [0, 0.1) is 0 Å². The molecule has 3 rings (SSSR count). The maximum atomic E-state index is 13.1. The van der Waals surface area contributed by atoms with Crippen molar-refractivity contribution in [2.45, 2.75) is 32.1 Å². The van der Waals surface area contributed by atoms with Gasteiger partial charge in [-0.2, -0.15) is 18.3 Å². The summed E-state index contributed by atoms with van der Waals surface area (Å²) in [7, 11) is 1.47. The molecule has 1 aliphatic heterocycles. The lowest BCUT2D eigenvalue weighted by molar-refractivity contribution is -0.142. The Morgan fingerprint density at radius 1 is 1.37 bits per heavy atom. The molecule has 11 heteroatoms. The van der Waals surface area contributed by atoms with Crippen LogP contribution in [0.2, 0.25) is 5.02 Å². The molecule has 1 atom stereocenters. The molecule has 6 nitrogen and oxygen atoms in total. The number of nitrogens with one attached hydrogen (secondary N) is 2. The Kier molecular flexibility index (Phi) is 8.65. The first-order valence-corrected chi connectivity index (χ1v) is 9.79. The third-order valence-corrected chi connectivity index (χ3v) is 4.86. The van der Waals surface area contributed by atoms with Gasteiger partial charge in [-0.15, -0.1) is 24.0 Å². The van der Waals surface area contributed by atoms with E-state index in [2.05, 4.69) is 25.6 Å². The van der Waals surface area contributed by atoms with Gasteiger partial charge in [-0.25, -0.2) is 4.99 Å². The molecule has 0 bridgehead atoms. The molecule has 1 aromatic heterocycles. The molecule has 2 N–H and O–H groups in total. The Bertz CT molecular complexity index is 870. The van der Waals surface area contributed by atoms with Crippen LogP contribution in [-0.2, 0) is 19.8 Å². The van der Waals surface area contributed by atoms with Crippen molar-refractivity contribution in [2.75, 3.05) is 24.5 Å². The highest BCUT2D eigenvalue weighted by molar-refractivity contribution is 14.0. The van der Waals surface area contributed by atoms with E-state index in [0.717, 1.165) is 29.9 Å². The normalized spacial score (nSPS) is 17.1. The third kappa shape index (κ3) is 6.40. The van der Waals surface area contributed by atoms with Crippen molar-refractivity contribution in [3.05, 3.63) is 46.7 Å². The summed E-state index contributed by atoms with van der Waals surface area (Å²) in [6.07, 6.45) is -2.26. The van der Waals surface area contributed by atoms with Crippen LogP contribution in [0.15, 0.2) is 35.5 Å². The predicted octanol–water partition coefficient (Wildman–Crippen LogP) is 4.04. The van der Waals surface area contributed by atoms with E-state index in [1.807, 2.05) is 31.2 Å². The van der Waals surface area contributed by atoms with Crippen molar-refractivity contribution in [1.29, 1.82) is 0 Å². The number of guanidine groups is 1. The fourth-order valence-electron chi connectivity index (χ4n) is 3.35. The van der Waals surface area contributed by atoms with Crippen LogP contribution in [0.4, 0.5) is 18.9 Å². The Morgan fingerprint density at radius 2 is 2.13 bits per heavy atom. The molecule has 2 aromatic rings. The summed E-state index contributed by atoms with van der Waals surface area (Å²) < 4.78 is 40.5. The number of alkyl halides is 3. The molecule has 0 amide bonds. The zero-order valence-electron chi connectivity index (χ0n) is 16.7. The van der Waals surface area contributed by atoms with Crippen molar-refractivity contribution in [3.63, 3.8) is 0 Å². The van der Waals surface area contributed by atoms with Crippen LogP contribution in [0.1, 0.15) is 24.6 Å². The Labute approximate surface area is 195 Å². The first-order valence-electron chi connectivity index (χ1n) is 9.41. The van der Waals surface area contributed by atoms with Crippen molar-refractivity contribution < 1.29 is 13.2 Å². The van der Waals surface area contributed by atoms with Crippen molar-refractivity contribution in [2.24, 2.45) is 12.0 Å². The summed E-state index contributed by atoms with van der Waals surface area (Å²) in [5.41, 5.74) is 0.200. The topological polar surface area (TPSA) is 57.5 Å². The van der Waals surface area contributed by atoms with Gasteiger partial charge in [0.15, 0.2) is 11.7 Å². The molecule has 0 radical (unpaired) electrons. The lowest BCUT2D eigenvalue weighted by Crippen LogP contribution is -2.44. The van der Waals surface area contributed by atoms with Gasteiger partial charge in [0.25, 0.3) is 0 Å². The highest BCUT2D eigenvalue weighted by Gasteiger charge is 2.36. The van der Waals surface area contributed by atoms with Crippen LogP contribution in [-0.4, -0.2) is 41.4 Å². The maximum absolute atomic E-state index is 13.1. The van der Waals surface area contributed by atoms with Gasteiger partial charge in [0.1, 0.15) is 0 Å². The number of rotatable bonds is 5. The van der Waals surface area contributed by atoms with Crippen LogP contribution < -0.4 is 15.5 Å². The standard InChI is InChI=1S/C19H24ClF3N6.HI/c1-3-24-18(25-10-13-11-28(2)27-17(13)19(21,22)23)26-15-7-8-29(12-15)16-6-4-5-14(20)9-16;/h4-6,9,11,15H,3,7-8,10,12H2,1-2H3,(H2,24,25,26);1H. The van der Waals surface area contributed by atoms with Gasteiger partial charge in [-0.1, -0.05) is 17.7 Å². The van der Waals surface area contributed by atoms with Gasteiger partial charge in [0, 0.05) is 55.2 Å². The fraction of sp³-hybridized carbons (Fsp3) is 0.474. The smallest absolute Gasteiger partial charge is 0.369 e. The highest BCUT2D eigenvalue weighted by atomic mass is 127. The zero-order valence-corrected chi connectivity index (χ0v) is 19.8. The summed E-state index contributed by atoms with van der Waals surface area (Å²) in [6.45, 7) is 4.03. The molecule has 1 aromatic carbocycles. The molecular formula is C19H25ClF3IN6. The minimum absolute atomic E-state index is 0. The summed E-state index contributed by atoms with van der Waals surface area (Å²) in [4.78, 5) is 6.57. The summed E-state index contributed by atoms with van der Waals surface area (Å²) >= 11 is 6.07. The number of hydrogen-bond donors (Lipinski definition) is 2. The van der Waals surface area contributed by atoms with Crippen molar-refractivity contribution >= 4 is 47.2 Å². The van der Waals surface area contributed by atoms with Crippen molar-refractivity contribution in [3.8, 4) is 0 Å². The number of halogens is 5. The second-order valence-corrected chi connectivity index (χ2v) is 7.36. The highest BCUT2D eigenvalue weighted by Crippen LogP contribution is 2.30. The van der Waals surface area contributed by atoms with Gasteiger partial charge in [0.2, 0.25) is 0 Å². The molecule has 1 aliphatic rings. The minimum Gasteiger partial charge on any atom is -0.369 e. The van der Waals surface area contributed by atoms with E-state index >= 15 is 0 Å². The summed E-state index contributed by atoms with van der Waals surface area (Å²) in [5, 5.41) is 10.6. The number of aliphatic imine (C=N–C) groups is 1. The number of aromatic nitrogens is 2. The van der Waals surface area contributed by atoms with Gasteiger partial charge in [-0.3, -0.25) is 4.68 Å². The van der Waals surface area contributed by atoms with Crippen molar-refractivity contribution in [1.82, 2.24) is 20.4 Å². The zero-order chi connectivity index (χ0) is 21.0. The number of hydrogen-bond acceptors (Lipinski definition) is 3. The molecule has 0 spiro atoms. The summed E-state index contributed by atoms with van der Waals surface area (Å²) in [6, 6.07) is 7.80. The average Bonchev–Trinajstić information content (AvgIpc) is 3.26. The quantitative estimate of drug-likeness (QED) is 0.332. The fourth-order valence-corrected chi connectivity index (χ4v) is 3.54. The van der Waals surface area contributed by atoms with Crippen LogP contribution in [0.5, 0.6) is 0 Å². The Hall–Kier alpha value is -1.69. The minimum atomic E-state index is -4.50.